The largest absolute Gasteiger partial charge is 1.00 e. The molecular weight excluding hydrogens is 729 g/mol. The summed E-state index contributed by atoms with van der Waals surface area (Å²) >= 11 is 0. The van der Waals surface area contributed by atoms with Gasteiger partial charge in [0.05, 0.1) is 13.2 Å². The quantitative estimate of drug-likeness (QED) is 0.102. The van der Waals surface area contributed by atoms with Gasteiger partial charge >= 0.3 is 65.7 Å². The van der Waals surface area contributed by atoms with E-state index in [1.54, 1.807) is 88.3 Å². The molecule has 3 unspecified atom stereocenters. The van der Waals surface area contributed by atoms with Crippen LogP contribution >= 0.6 is 0 Å². The van der Waals surface area contributed by atoms with Gasteiger partial charge in [-0.1, -0.05) is 25.7 Å². The average molecular weight is 794 g/mol. The molecule has 5 N–H and O–H groups in total. The fraction of sp³-hybridized carbons (Fsp3) is 0.684. The van der Waals surface area contributed by atoms with E-state index in [0.29, 0.717) is 19.3 Å². The summed E-state index contributed by atoms with van der Waals surface area (Å²) in [5, 5.41) is 16.6. The van der Waals surface area contributed by atoms with Crippen molar-refractivity contribution in [2.45, 2.75) is 136 Å². The number of carbonyl (C=O) groups excluding carboxylic acids is 5. The zero-order valence-corrected chi connectivity index (χ0v) is 36.0. The number of carboxylic acids is 1. The van der Waals surface area contributed by atoms with E-state index in [1.807, 2.05) is 0 Å². The van der Waals surface area contributed by atoms with Gasteiger partial charge < -0.3 is 50.2 Å². The third-order valence-electron chi connectivity index (χ3n) is 7.73. The normalized spacial score (nSPS) is 25.3. The van der Waals surface area contributed by atoms with Crippen molar-refractivity contribution in [1.29, 1.82) is 0 Å². The molecule has 0 aromatic carbocycles. The van der Waals surface area contributed by atoms with Crippen LogP contribution in [0.4, 0.5) is 14.4 Å². The molecule has 0 aromatic heterocycles. The van der Waals surface area contributed by atoms with Gasteiger partial charge in [-0.2, -0.15) is 0 Å². The minimum atomic E-state index is -1.22. The minimum absolute atomic E-state index is 0. The van der Waals surface area contributed by atoms with Crippen LogP contribution in [0.5, 0.6) is 0 Å². The molecule has 3 aliphatic rings. The summed E-state index contributed by atoms with van der Waals surface area (Å²) in [7, 11) is 0. The average Bonchev–Trinajstić information content (AvgIpc) is 3.90. The molecule has 0 saturated heterocycles. The number of amides is 3. The van der Waals surface area contributed by atoms with E-state index >= 15 is 0 Å². The molecule has 6 atom stereocenters. The van der Waals surface area contributed by atoms with E-state index < -0.39 is 69.6 Å². The van der Waals surface area contributed by atoms with E-state index in [9.17, 15) is 28.8 Å². The van der Waals surface area contributed by atoms with Crippen LogP contribution in [0.2, 0.25) is 0 Å². The van der Waals surface area contributed by atoms with Crippen molar-refractivity contribution in [2.75, 3.05) is 13.2 Å². The first kappa shape index (κ1) is 55.7. The monoisotopic (exact) mass is 793 g/mol. The molecule has 3 rings (SSSR count). The number of nitrogens with one attached hydrogen (secondary N) is 3. The Bertz CT molecular complexity index is 1310. The molecule has 3 aliphatic carbocycles. The standard InChI is InChI=1S/2C13H21NO4.C11H17NO4.CH4.Na.H2O/c2*1-6-9-8-13(9,10(15)17-7-2)14-11(16)18-12(3,4)5;1-5-7-6-11(7,8(13)14)12-9(15)16-10(2,3)4;;;/h2*6,9H,1,7-8H2,2-5H3,(H,14,16);5,7H,1,6H2,2-4H3,(H,12,15)(H,13,14);1H4;;1H2/q;;;;+1;/p-1/t9-,13+;;7?,11-;;;/m0.0.../s1. The van der Waals surface area contributed by atoms with Crippen molar-refractivity contribution in [1.82, 2.24) is 16.0 Å². The smallest absolute Gasteiger partial charge is 0.870 e. The Hall–Kier alpha value is -3.60. The van der Waals surface area contributed by atoms with Crippen LogP contribution in [0.15, 0.2) is 38.0 Å². The van der Waals surface area contributed by atoms with Gasteiger partial charge in [-0.3, -0.25) is 0 Å². The second-order valence-corrected chi connectivity index (χ2v) is 15.7. The predicted molar refractivity (Wildman–Crippen MR) is 201 cm³/mol. The van der Waals surface area contributed by atoms with Crippen molar-refractivity contribution in [2.24, 2.45) is 17.8 Å². The van der Waals surface area contributed by atoms with Gasteiger partial charge in [-0.05, 0) is 95.4 Å². The van der Waals surface area contributed by atoms with Crippen LogP contribution in [0.3, 0.4) is 0 Å². The molecule has 3 amide bonds. The van der Waals surface area contributed by atoms with E-state index in [1.165, 1.54) is 6.08 Å². The van der Waals surface area contributed by atoms with Crippen LogP contribution in [0.1, 0.15) is 103 Å². The van der Waals surface area contributed by atoms with Crippen molar-refractivity contribution in [3.05, 3.63) is 38.0 Å². The molecule has 3 fully saturated rings. The van der Waals surface area contributed by atoms with Gasteiger partial charge in [0.25, 0.3) is 0 Å². The Morgan fingerprint density at radius 2 is 0.836 bits per heavy atom. The number of hydrogen-bond acceptors (Lipinski definition) is 12. The molecule has 17 heteroatoms. The van der Waals surface area contributed by atoms with Crippen LogP contribution in [0, 0.1) is 17.8 Å². The first-order valence-corrected chi connectivity index (χ1v) is 17.2. The summed E-state index contributed by atoms with van der Waals surface area (Å²) in [5.74, 6) is -2.32. The zero-order chi connectivity index (χ0) is 40.5. The summed E-state index contributed by atoms with van der Waals surface area (Å²) in [6, 6.07) is 0. The Kier molecular flexibility index (Phi) is 21.9. The first-order chi connectivity index (χ1) is 23.7. The van der Waals surface area contributed by atoms with Crippen LogP contribution in [0.25, 0.3) is 0 Å². The number of carbonyl (C=O) groups is 6. The Morgan fingerprint density at radius 3 is 1.02 bits per heavy atom. The number of alkyl carbamates (subject to hydrolysis) is 3. The Labute approximate surface area is 348 Å². The maximum absolute atomic E-state index is 11.9. The molecule has 0 bridgehead atoms. The van der Waals surface area contributed by atoms with Crippen LogP contribution < -0.4 is 45.5 Å². The van der Waals surface area contributed by atoms with E-state index in [2.05, 4.69) is 35.7 Å². The topological polar surface area (TPSA) is 235 Å². The number of ether oxygens (including phenoxy) is 5. The number of carboxylic acid groups (broad SMARTS) is 1. The second-order valence-electron chi connectivity index (χ2n) is 15.7. The summed E-state index contributed by atoms with van der Waals surface area (Å²) in [6.45, 7) is 30.6. The summed E-state index contributed by atoms with van der Waals surface area (Å²) in [5.41, 5.74) is -5.02. The number of esters is 2. The molecule has 55 heavy (non-hydrogen) atoms. The fourth-order valence-electron chi connectivity index (χ4n) is 5.00. The van der Waals surface area contributed by atoms with Gasteiger partial charge in [0.1, 0.15) is 33.4 Å². The summed E-state index contributed by atoms with van der Waals surface area (Å²) in [4.78, 5) is 69.6. The molecule has 310 valence electrons. The van der Waals surface area contributed by atoms with Crippen molar-refractivity contribution >= 4 is 36.2 Å². The predicted octanol–water partition coefficient (Wildman–Crippen LogP) is 3.04. The van der Waals surface area contributed by atoms with Gasteiger partial charge in [0, 0.05) is 17.8 Å². The SMILES string of the molecule is C.C=CC1CC1(NC(=O)OC(C)(C)C)C(=O)OCC.C=CC1C[C@@]1(NC(=O)OC(C)(C)C)C(=O)O.C=C[C@H]1C[C@]1(NC(=O)OC(C)(C)C)C(=O)OCC.[Na+].[OH-]. The number of aliphatic carboxylic acids is 1. The molecule has 0 heterocycles. The summed E-state index contributed by atoms with van der Waals surface area (Å²) < 4.78 is 25.2. The minimum Gasteiger partial charge on any atom is -0.870 e. The number of hydrogen-bond donors (Lipinski definition) is 4. The molecule has 0 radical (unpaired) electrons. The summed E-state index contributed by atoms with van der Waals surface area (Å²) in [6.07, 6.45) is 4.28. The van der Waals surface area contributed by atoms with Crippen LogP contribution in [-0.2, 0) is 38.1 Å². The molecule has 0 aliphatic heterocycles. The Balaban J connectivity index is -0.000000719. The zero-order valence-electron chi connectivity index (χ0n) is 34.0. The van der Waals surface area contributed by atoms with Gasteiger partial charge in [-0.25, -0.2) is 28.8 Å². The maximum atomic E-state index is 11.9. The van der Waals surface area contributed by atoms with E-state index in [-0.39, 0.29) is 73.4 Å². The molecule has 0 aromatic rings. The van der Waals surface area contributed by atoms with Gasteiger partial charge in [0.15, 0.2) is 0 Å². The molecule has 3 saturated carbocycles. The molecular formula is C38H64N3NaO13. The molecule has 0 spiro atoms. The van der Waals surface area contributed by atoms with E-state index in [0.717, 1.165) is 0 Å². The number of rotatable bonds is 11. The van der Waals surface area contributed by atoms with Crippen molar-refractivity contribution in [3.63, 3.8) is 0 Å². The maximum Gasteiger partial charge on any atom is 1.00 e. The fourth-order valence-corrected chi connectivity index (χ4v) is 5.00. The third kappa shape index (κ3) is 17.0. The van der Waals surface area contributed by atoms with Gasteiger partial charge in [-0.15, -0.1) is 19.7 Å². The van der Waals surface area contributed by atoms with Gasteiger partial charge in [0.2, 0.25) is 0 Å². The van der Waals surface area contributed by atoms with Crippen LogP contribution in [-0.4, -0.2) is 93.4 Å². The molecule has 16 nitrogen and oxygen atoms in total. The van der Waals surface area contributed by atoms with Crippen molar-refractivity contribution < 1.29 is 92.6 Å². The second kappa shape index (κ2) is 21.6. The first-order valence-electron chi connectivity index (χ1n) is 17.2. The van der Waals surface area contributed by atoms with E-state index in [4.69, 9.17) is 28.8 Å². The van der Waals surface area contributed by atoms with Crippen molar-refractivity contribution in [3.8, 4) is 0 Å². The third-order valence-corrected chi connectivity index (χ3v) is 7.73. The Morgan fingerprint density at radius 1 is 0.600 bits per heavy atom.